The van der Waals surface area contributed by atoms with Crippen LogP contribution in [0.15, 0.2) is 30.3 Å². The molecule has 0 aliphatic carbocycles. The highest BCUT2D eigenvalue weighted by atomic mass is 16.2. The van der Waals surface area contributed by atoms with E-state index in [2.05, 4.69) is 0 Å². The van der Waals surface area contributed by atoms with Crippen LogP contribution in [0.1, 0.15) is 18.4 Å². The second-order valence-electron chi connectivity index (χ2n) is 3.91. The van der Waals surface area contributed by atoms with Crippen LogP contribution in [0.2, 0.25) is 0 Å². The molecule has 0 radical (unpaired) electrons. The molecule has 0 unspecified atom stereocenters. The largest absolute Gasteiger partial charge is 0.285 e. The van der Waals surface area contributed by atoms with Crippen LogP contribution in [0, 0.1) is 5.92 Å². The Labute approximate surface area is 88.7 Å². The van der Waals surface area contributed by atoms with Crippen molar-refractivity contribution in [1.82, 2.24) is 4.90 Å². The third-order valence-corrected chi connectivity index (χ3v) is 2.98. The fourth-order valence-corrected chi connectivity index (χ4v) is 2.07. The molecule has 0 N–H and O–H groups in total. The van der Waals surface area contributed by atoms with Gasteiger partial charge in [0.15, 0.2) is 0 Å². The van der Waals surface area contributed by atoms with Gasteiger partial charge in [0.1, 0.15) is 0 Å². The van der Waals surface area contributed by atoms with Gasteiger partial charge in [0, 0.05) is 7.05 Å². The van der Waals surface area contributed by atoms with Crippen LogP contribution in [-0.2, 0) is 9.59 Å². The SMILES string of the molecule is C[C@H]1C(=O)N(C)C(=O)[C@@H]1c1ccccc1. The summed E-state index contributed by atoms with van der Waals surface area (Å²) in [5.74, 6) is -0.735. The smallest absolute Gasteiger partial charge is 0.237 e. The Morgan fingerprint density at radius 1 is 1.07 bits per heavy atom. The molecule has 3 nitrogen and oxygen atoms in total. The van der Waals surface area contributed by atoms with Crippen molar-refractivity contribution in [3.8, 4) is 0 Å². The van der Waals surface area contributed by atoms with Crippen molar-refractivity contribution in [2.45, 2.75) is 12.8 Å². The number of carbonyl (C=O) groups excluding carboxylic acids is 2. The number of rotatable bonds is 1. The van der Waals surface area contributed by atoms with E-state index in [9.17, 15) is 9.59 Å². The van der Waals surface area contributed by atoms with Gasteiger partial charge in [0.2, 0.25) is 11.8 Å². The molecule has 2 amide bonds. The Balaban J connectivity index is 2.39. The Kier molecular flexibility index (Phi) is 2.31. The van der Waals surface area contributed by atoms with Crippen molar-refractivity contribution in [2.75, 3.05) is 7.05 Å². The van der Waals surface area contributed by atoms with Crippen LogP contribution in [0.5, 0.6) is 0 Å². The molecule has 3 heteroatoms. The number of amides is 2. The van der Waals surface area contributed by atoms with Gasteiger partial charge >= 0.3 is 0 Å². The standard InChI is InChI=1S/C12H13NO2/c1-8-10(9-6-4-3-5-7-9)12(15)13(2)11(8)14/h3-8,10H,1-2H3/t8-,10+/m1/s1. The van der Waals surface area contributed by atoms with Gasteiger partial charge in [-0.3, -0.25) is 14.5 Å². The minimum atomic E-state index is -0.302. The molecule has 0 saturated carbocycles. The Bertz CT molecular complexity index is 399. The summed E-state index contributed by atoms with van der Waals surface area (Å²) in [5.41, 5.74) is 0.924. The quantitative estimate of drug-likeness (QED) is 0.647. The van der Waals surface area contributed by atoms with E-state index in [1.807, 2.05) is 30.3 Å². The lowest BCUT2D eigenvalue weighted by atomic mass is 9.89. The summed E-state index contributed by atoms with van der Waals surface area (Å²) in [6, 6.07) is 9.46. The van der Waals surface area contributed by atoms with Crippen molar-refractivity contribution in [2.24, 2.45) is 5.92 Å². The predicted octanol–water partition coefficient (Wildman–Crippen LogP) is 1.40. The van der Waals surface area contributed by atoms with E-state index in [1.54, 1.807) is 14.0 Å². The number of hydrogen-bond acceptors (Lipinski definition) is 2. The van der Waals surface area contributed by atoms with Crippen LogP contribution in [-0.4, -0.2) is 23.8 Å². The maximum absolute atomic E-state index is 11.8. The van der Waals surface area contributed by atoms with Gasteiger partial charge in [-0.2, -0.15) is 0 Å². The highest BCUT2D eigenvalue weighted by molar-refractivity contribution is 6.07. The molecule has 2 atom stereocenters. The second kappa shape index (κ2) is 3.50. The van der Waals surface area contributed by atoms with Gasteiger partial charge in [-0.05, 0) is 5.56 Å². The van der Waals surface area contributed by atoms with E-state index in [-0.39, 0.29) is 23.7 Å². The summed E-state index contributed by atoms with van der Waals surface area (Å²) in [6.07, 6.45) is 0. The van der Waals surface area contributed by atoms with Crippen LogP contribution < -0.4 is 0 Å². The Hall–Kier alpha value is -1.64. The van der Waals surface area contributed by atoms with E-state index in [0.29, 0.717) is 0 Å². The van der Waals surface area contributed by atoms with Crippen LogP contribution in [0.3, 0.4) is 0 Å². The fourth-order valence-electron chi connectivity index (χ4n) is 2.07. The molecule has 1 heterocycles. The zero-order chi connectivity index (χ0) is 11.0. The minimum Gasteiger partial charge on any atom is -0.285 e. The van der Waals surface area contributed by atoms with E-state index in [1.165, 1.54) is 4.90 Å². The third-order valence-electron chi connectivity index (χ3n) is 2.98. The average molecular weight is 203 g/mol. The van der Waals surface area contributed by atoms with E-state index in [0.717, 1.165) is 5.56 Å². The van der Waals surface area contributed by atoms with Gasteiger partial charge < -0.3 is 0 Å². The number of likely N-dealkylation sites (N-methyl/N-ethyl adjacent to an activating group) is 1. The maximum Gasteiger partial charge on any atom is 0.237 e. The normalized spacial score (nSPS) is 26.1. The topological polar surface area (TPSA) is 37.4 Å². The number of imide groups is 1. The van der Waals surface area contributed by atoms with Crippen molar-refractivity contribution in [3.63, 3.8) is 0 Å². The molecule has 1 aliphatic heterocycles. The van der Waals surface area contributed by atoms with Crippen molar-refractivity contribution in [3.05, 3.63) is 35.9 Å². The summed E-state index contributed by atoms with van der Waals surface area (Å²) in [4.78, 5) is 24.7. The molecule has 0 aromatic heterocycles. The number of carbonyl (C=O) groups is 2. The van der Waals surface area contributed by atoms with Crippen LogP contribution in [0.4, 0.5) is 0 Å². The summed E-state index contributed by atoms with van der Waals surface area (Å²) >= 11 is 0. The van der Waals surface area contributed by atoms with Crippen LogP contribution in [0.25, 0.3) is 0 Å². The Morgan fingerprint density at radius 3 is 2.13 bits per heavy atom. The van der Waals surface area contributed by atoms with Gasteiger partial charge in [-0.1, -0.05) is 37.3 Å². The summed E-state index contributed by atoms with van der Waals surface area (Å²) in [6.45, 7) is 1.81. The van der Waals surface area contributed by atoms with Crippen molar-refractivity contribution >= 4 is 11.8 Å². The Morgan fingerprint density at radius 2 is 1.67 bits per heavy atom. The number of nitrogens with zero attached hydrogens (tertiary/aromatic N) is 1. The lowest BCUT2D eigenvalue weighted by Crippen LogP contribution is -2.25. The minimum absolute atomic E-state index is 0.0890. The van der Waals surface area contributed by atoms with E-state index < -0.39 is 0 Å². The molecule has 78 valence electrons. The molecule has 1 aromatic rings. The molecule has 1 fully saturated rings. The van der Waals surface area contributed by atoms with Crippen LogP contribution >= 0.6 is 0 Å². The number of hydrogen-bond donors (Lipinski definition) is 0. The van der Waals surface area contributed by atoms with Gasteiger partial charge in [-0.15, -0.1) is 0 Å². The highest BCUT2D eigenvalue weighted by Gasteiger charge is 2.43. The highest BCUT2D eigenvalue weighted by Crippen LogP contribution is 2.33. The molecule has 1 aliphatic rings. The second-order valence-corrected chi connectivity index (χ2v) is 3.91. The van der Waals surface area contributed by atoms with Crippen molar-refractivity contribution < 1.29 is 9.59 Å². The molecule has 0 bridgehead atoms. The first-order valence-corrected chi connectivity index (χ1v) is 4.99. The molecular weight excluding hydrogens is 190 g/mol. The maximum atomic E-state index is 11.8. The lowest BCUT2D eigenvalue weighted by molar-refractivity contribution is -0.137. The van der Waals surface area contributed by atoms with E-state index in [4.69, 9.17) is 0 Å². The first-order chi connectivity index (χ1) is 7.13. The predicted molar refractivity (Wildman–Crippen MR) is 56.1 cm³/mol. The summed E-state index contributed by atoms with van der Waals surface area (Å²) < 4.78 is 0. The number of likely N-dealkylation sites (tertiary alicyclic amines) is 1. The molecule has 1 aromatic carbocycles. The molecular formula is C12H13NO2. The fraction of sp³-hybridized carbons (Fsp3) is 0.333. The zero-order valence-corrected chi connectivity index (χ0v) is 8.81. The monoisotopic (exact) mass is 203 g/mol. The summed E-state index contributed by atoms with van der Waals surface area (Å²) in [7, 11) is 1.55. The average Bonchev–Trinajstić information content (AvgIpc) is 2.45. The number of benzene rings is 1. The van der Waals surface area contributed by atoms with E-state index >= 15 is 0 Å². The lowest BCUT2D eigenvalue weighted by Gasteiger charge is -2.10. The first kappa shape index (κ1) is 9.90. The third kappa shape index (κ3) is 1.44. The molecule has 1 saturated heterocycles. The summed E-state index contributed by atoms with van der Waals surface area (Å²) in [5, 5.41) is 0. The molecule has 15 heavy (non-hydrogen) atoms. The van der Waals surface area contributed by atoms with Crippen molar-refractivity contribution in [1.29, 1.82) is 0 Å². The van der Waals surface area contributed by atoms with Gasteiger partial charge in [0.25, 0.3) is 0 Å². The zero-order valence-electron chi connectivity index (χ0n) is 8.81. The molecule has 2 rings (SSSR count). The first-order valence-electron chi connectivity index (χ1n) is 4.99. The van der Waals surface area contributed by atoms with Gasteiger partial charge in [0.05, 0.1) is 11.8 Å². The molecule has 0 spiro atoms. The van der Waals surface area contributed by atoms with Gasteiger partial charge in [-0.25, -0.2) is 0 Å².